The van der Waals surface area contributed by atoms with Crippen molar-refractivity contribution >= 4 is 29.1 Å². The first-order valence-electron chi connectivity index (χ1n) is 5.11. The highest BCUT2D eigenvalue weighted by Gasteiger charge is 2.15. The van der Waals surface area contributed by atoms with Crippen molar-refractivity contribution in [3.05, 3.63) is 29.0 Å². The van der Waals surface area contributed by atoms with E-state index in [2.05, 4.69) is 20.1 Å². The van der Waals surface area contributed by atoms with Gasteiger partial charge in [-0.2, -0.15) is 19.6 Å². The molecule has 0 unspecified atom stereocenters. The maximum absolute atomic E-state index is 6.06. The Morgan fingerprint density at radius 2 is 2.17 bits per heavy atom. The van der Waals surface area contributed by atoms with Crippen molar-refractivity contribution in [1.82, 2.24) is 24.6 Å². The number of hydrogen-bond acceptors (Lipinski definition) is 6. The molecule has 0 aliphatic heterocycles. The molecule has 3 aromatic rings. The van der Waals surface area contributed by atoms with Gasteiger partial charge in [-0.1, -0.05) is 11.6 Å². The first-order valence-corrected chi connectivity index (χ1v) is 6.30. The van der Waals surface area contributed by atoms with E-state index < -0.39 is 0 Å². The Hall–Kier alpha value is -1.60. The molecule has 0 spiro atoms. The van der Waals surface area contributed by atoms with Crippen molar-refractivity contribution in [2.24, 2.45) is 0 Å². The summed E-state index contributed by atoms with van der Waals surface area (Å²) in [5.41, 5.74) is 1.64. The van der Waals surface area contributed by atoms with E-state index in [4.69, 9.17) is 16.0 Å². The second kappa shape index (κ2) is 4.25. The van der Waals surface area contributed by atoms with Crippen molar-refractivity contribution in [3.8, 4) is 0 Å². The molecule has 3 aromatic heterocycles. The van der Waals surface area contributed by atoms with Gasteiger partial charge in [-0.3, -0.25) is 0 Å². The standard InChI is InChI=1S/C10H8ClN5OS/c1-5-3-17-10(14-5)18-8-6(2)7(11)15-9-12-4-13-16(8)9/h3-4H,1-2H3. The summed E-state index contributed by atoms with van der Waals surface area (Å²) in [6.07, 6.45) is 3.03. The summed E-state index contributed by atoms with van der Waals surface area (Å²) in [6.45, 7) is 3.74. The van der Waals surface area contributed by atoms with E-state index in [0.717, 1.165) is 16.3 Å². The van der Waals surface area contributed by atoms with Gasteiger partial charge in [-0.25, -0.2) is 4.98 Å². The average molecular weight is 282 g/mol. The van der Waals surface area contributed by atoms with Gasteiger partial charge in [-0.05, 0) is 25.6 Å². The fourth-order valence-corrected chi connectivity index (χ4v) is 2.59. The number of fused-ring (bicyclic) bond motifs is 1. The lowest BCUT2D eigenvalue weighted by molar-refractivity contribution is 0.453. The predicted molar refractivity (Wildman–Crippen MR) is 65.9 cm³/mol. The van der Waals surface area contributed by atoms with Crippen molar-refractivity contribution in [2.75, 3.05) is 0 Å². The van der Waals surface area contributed by atoms with E-state index in [0.29, 0.717) is 16.2 Å². The first-order chi connectivity index (χ1) is 8.65. The van der Waals surface area contributed by atoms with Gasteiger partial charge >= 0.3 is 0 Å². The SMILES string of the molecule is Cc1coc(Sc2c(C)c(Cl)nc3ncnn23)n1. The topological polar surface area (TPSA) is 69.1 Å². The van der Waals surface area contributed by atoms with Crippen LogP contribution in [0.5, 0.6) is 0 Å². The monoisotopic (exact) mass is 281 g/mol. The molecule has 0 saturated carbocycles. The molecule has 0 aliphatic carbocycles. The summed E-state index contributed by atoms with van der Waals surface area (Å²) in [4.78, 5) is 12.4. The zero-order valence-corrected chi connectivity index (χ0v) is 11.2. The van der Waals surface area contributed by atoms with E-state index in [-0.39, 0.29) is 0 Å². The normalized spacial score (nSPS) is 11.3. The van der Waals surface area contributed by atoms with Gasteiger partial charge in [0.15, 0.2) is 0 Å². The van der Waals surface area contributed by atoms with Crippen LogP contribution in [0.25, 0.3) is 5.78 Å². The summed E-state index contributed by atoms with van der Waals surface area (Å²) in [5.74, 6) is 0.455. The highest BCUT2D eigenvalue weighted by atomic mass is 35.5. The van der Waals surface area contributed by atoms with Crippen LogP contribution >= 0.6 is 23.4 Å². The summed E-state index contributed by atoms with van der Waals surface area (Å²) in [5, 5.41) is 5.85. The molecule has 0 bridgehead atoms. The number of aryl methyl sites for hydroxylation is 1. The Kier molecular flexibility index (Phi) is 2.71. The maximum atomic E-state index is 6.06. The van der Waals surface area contributed by atoms with Crippen LogP contribution in [0.2, 0.25) is 5.15 Å². The van der Waals surface area contributed by atoms with Crippen LogP contribution in [0.15, 0.2) is 27.3 Å². The van der Waals surface area contributed by atoms with Crippen LogP contribution in [-0.4, -0.2) is 24.6 Å². The number of oxazole rings is 1. The van der Waals surface area contributed by atoms with E-state index in [1.807, 2.05) is 13.8 Å². The maximum Gasteiger partial charge on any atom is 0.262 e. The molecule has 3 rings (SSSR count). The molecule has 0 amide bonds. The quantitative estimate of drug-likeness (QED) is 0.672. The van der Waals surface area contributed by atoms with Gasteiger partial charge in [0, 0.05) is 5.56 Å². The molecule has 0 atom stereocenters. The third-order valence-corrected chi connectivity index (χ3v) is 3.74. The van der Waals surface area contributed by atoms with Crippen molar-refractivity contribution in [2.45, 2.75) is 24.1 Å². The van der Waals surface area contributed by atoms with Gasteiger partial charge in [0.25, 0.3) is 11.0 Å². The third-order valence-electron chi connectivity index (χ3n) is 2.33. The molecule has 0 fully saturated rings. The van der Waals surface area contributed by atoms with Crippen LogP contribution in [0.1, 0.15) is 11.3 Å². The predicted octanol–water partition coefficient (Wildman–Crippen LogP) is 2.53. The molecule has 8 heteroatoms. The molecule has 0 aliphatic rings. The van der Waals surface area contributed by atoms with Gasteiger partial charge < -0.3 is 4.42 Å². The molecule has 0 radical (unpaired) electrons. The van der Waals surface area contributed by atoms with Crippen LogP contribution in [0.3, 0.4) is 0 Å². The van der Waals surface area contributed by atoms with Crippen molar-refractivity contribution in [1.29, 1.82) is 0 Å². The Labute approximate surface area is 111 Å². The number of nitrogens with zero attached hydrogens (tertiary/aromatic N) is 5. The molecular formula is C10H8ClN5OS. The summed E-state index contributed by atoms with van der Waals surface area (Å²) in [7, 11) is 0. The zero-order valence-electron chi connectivity index (χ0n) is 9.59. The molecule has 0 aromatic carbocycles. The van der Waals surface area contributed by atoms with Gasteiger partial charge in [0.05, 0.1) is 5.69 Å². The van der Waals surface area contributed by atoms with Gasteiger partial charge in [-0.15, -0.1) is 0 Å². The molecule has 92 valence electrons. The van der Waals surface area contributed by atoms with Crippen LogP contribution in [0, 0.1) is 13.8 Å². The lowest BCUT2D eigenvalue weighted by Crippen LogP contribution is -1.99. The fraction of sp³-hybridized carbons (Fsp3) is 0.200. The molecule has 0 saturated heterocycles. The highest BCUT2D eigenvalue weighted by Crippen LogP contribution is 2.31. The minimum absolute atomic E-state index is 0.404. The largest absolute Gasteiger partial charge is 0.439 e. The summed E-state index contributed by atoms with van der Waals surface area (Å²) < 4.78 is 6.93. The van der Waals surface area contributed by atoms with E-state index in [1.54, 1.807) is 10.8 Å². The van der Waals surface area contributed by atoms with E-state index in [9.17, 15) is 0 Å². The number of hydrogen-bond donors (Lipinski definition) is 0. The molecule has 0 N–H and O–H groups in total. The first kappa shape index (κ1) is 11.5. The molecule has 18 heavy (non-hydrogen) atoms. The average Bonchev–Trinajstić information content (AvgIpc) is 2.93. The summed E-state index contributed by atoms with van der Waals surface area (Å²) in [6, 6.07) is 0. The van der Waals surface area contributed by atoms with Crippen LogP contribution in [0.4, 0.5) is 0 Å². The number of aromatic nitrogens is 5. The molecule has 3 heterocycles. The number of rotatable bonds is 2. The zero-order chi connectivity index (χ0) is 12.7. The Balaban J connectivity index is 2.15. The van der Waals surface area contributed by atoms with Gasteiger partial charge in [0.1, 0.15) is 22.8 Å². The summed E-state index contributed by atoms with van der Waals surface area (Å²) >= 11 is 7.41. The Bertz CT molecular complexity index is 722. The van der Waals surface area contributed by atoms with Crippen molar-refractivity contribution in [3.63, 3.8) is 0 Å². The van der Waals surface area contributed by atoms with Crippen molar-refractivity contribution < 1.29 is 4.42 Å². The third kappa shape index (κ3) is 1.85. The minimum atomic E-state index is 0.404. The van der Waals surface area contributed by atoms with Gasteiger partial charge in [0.2, 0.25) is 0 Å². The lowest BCUT2D eigenvalue weighted by Gasteiger charge is -2.05. The molecule has 6 nitrogen and oxygen atoms in total. The second-order valence-electron chi connectivity index (χ2n) is 3.66. The second-order valence-corrected chi connectivity index (χ2v) is 4.96. The van der Waals surface area contributed by atoms with Crippen LogP contribution in [-0.2, 0) is 0 Å². The Morgan fingerprint density at radius 1 is 1.33 bits per heavy atom. The smallest absolute Gasteiger partial charge is 0.262 e. The fourth-order valence-electron chi connectivity index (χ4n) is 1.46. The minimum Gasteiger partial charge on any atom is -0.439 e. The van der Waals surface area contributed by atoms with Crippen LogP contribution < -0.4 is 0 Å². The Morgan fingerprint density at radius 3 is 2.89 bits per heavy atom. The lowest BCUT2D eigenvalue weighted by atomic mass is 10.4. The molecular weight excluding hydrogens is 274 g/mol. The highest BCUT2D eigenvalue weighted by molar-refractivity contribution is 7.99. The van der Waals surface area contributed by atoms with E-state index >= 15 is 0 Å². The van der Waals surface area contributed by atoms with E-state index in [1.165, 1.54) is 18.1 Å². The number of halogens is 1.